The monoisotopic (exact) mass is 268 g/mol. The summed E-state index contributed by atoms with van der Waals surface area (Å²) >= 11 is 0. The molecule has 1 aromatic heterocycles. The molecule has 0 unspecified atom stereocenters. The van der Waals surface area contributed by atoms with Crippen LogP contribution in [0.4, 0.5) is 0 Å². The molecule has 1 atom stereocenters. The first-order valence-electron chi connectivity index (χ1n) is 7.23. The summed E-state index contributed by atoms with van der Waals surface area (Å²) in [7, 11) is 0. The second-order valence-corrected chi connectivity index (χ2v) is 5.45. The lowest BCUT2D eigenvalue weighted by Crippen LogP contribution is -2.06. The second-order valence-electron chi connectivity index (χ2n) is 5.45. The summed E-state index contributed by atoms with van der Waals surface area (Å²) in [5.41, 5.74) is 9.56. The third-order valence-corrected chi connectivity index (χ3v) is 3.78. The predicted molar refractivity (Wildman–Crippen MR) is 80.0 cm³/mol. The van der Waals surface area contributed by atoms with E-state index in [-0.39, 0.29) is 6.04 Å². The Morgan fingerprint density at radius 1 is 1.05 bits per heavy atom. The lowest BCUT2D eigenvalue weighted by Gasteiger charge is -2.16. The lowest BCUT2D eigenvalue weighted by atomic mass is 9.92. The minimum Gasteiger partial charge on any atom is -0.456 e. The summed E-state index contributed by atoms with van der Waals surface area (Å²) in [6.07, 6.45) is 6.67. The molecule has 3 heteroatoms. The number of hydrogen-bond acceptors (Lipinski definition) is 3. The molecular formula is C17H20N2O. The lowest BCUT2D eigenvalue weighted by molar-refractivity contribution is 0.477. The second kappa shape index (κ2) is 5.63. The maximum absolute atomic E-state index is 5.88. The molecule has 1 heterocycles. The van der Waals surface area contributed by atoms with E-state index in [1.807, 2.05) is 25.1 Å². The first-order valence-corrected chi connectivity index (χ1v) is 7.23. The van der Waals surface area contributed by atoms with Gasteiger partial charge in [-0.25, -0.2) is 0 Å². The normalized spacial score (nSPS) is 15.5. The Labute approximate surface area is 119 Å². The minimum absolute atomic E-state index is 0.0483. The highest BCUT2D eigenvalue weighted by Crippen LogP contribution is 2.28. The molecule has 0 radical (unpaired) electrons. The van der Waals surface area contributed by atoms with E-state index < -0.39 is 0 Å². The summed E-state index contributed by atoms with van der Waals surface area (Å²) in [4.78, 5) is 4.31. The van der Waals surface area contributed by atoms with E-state index in [1.165, 1.54) is 30.4 Å². The van der Waals surface area contributed by atoms with Crippen LogP contribution in [0.2, 0.25) is 0 Å². The number of rotatable bonds is 3. The van der Waals surface area contributed by atoms with Gasteiger partial charge in [-0.05, 0) is 68.0 Å². The van der Waals surface area contributed by atoms with Crippen molar-refractivity contribution in [2.75, 3.05) is 0 Å². The van der Waals surface area contributed by atoms with Gasteiger partial charge < -0.3 is 10.5 Å². The quantitative estimate of drug-likeness (QED) is 0.921. The number of benzene rings is 1. The fourth-order valence-corrected chi connectivity index (χ4v) is 2.63. The van der Waals surface area contributed by atoms with Gasteiger partial charge in [0.25, 0.3) is 0 Å². The molecule has 1 aliphatic carbocycles. The molecule has 0 spiro atoms. The molecule has 3 rings (SSSR count). The maximum Gasteiger partial charge on any atom is 0.145 e. The maximum atomic E-state index is 5.88. The average Bonchev–Trinajstić information content (AvgIpc) is 2.48. The van der Waals surface area contributed by atoms with Gasteiger partial charge in [-0.15, -0.1) is 0 Å². The predicted octanol–water partition coefficient (Wildman–Crippen LogP) is 3.77. The summed E-state index contributed by atoms with van der Waals surface area (Å²) in [5, 5.41) is 0. The summed E-state index contributed by atoms with van der Waals surface area (Å²) in [6, 6.07) is 10.2. The Morgan fingerprint density at radius 3 is 2.50 bits per heavy atom. The van der Waals surface area contributed by atoms with Gasteiger partial charge in [0.05, 0.1) is 11.9 Å². The van der Waals surface area contributed by atoms with Crippen LogP contribution < -0.4 is 10.5 Å². The van der Waals surface area contributed by atoms with E-state index in [4.69, 9.17) is 10.5 Å². The Kier molecular flexibility index (Phi) is 3.70. The van der Waals surface area contributed by atoms with Crippen LogP contribution >= 0.6 is 0 Å². The van der Waals surface area contributed by atoms with Gasteiger partial charge in [-0.3, -0.25) is 4.98 Å². The number of pyridine rings is 1. The van der Waals surface area contributed by atoms with E-state index in [0.29, 0.717) is 0 Å². The number of ether oxygens (including phenoxy) is 1. The molecule has 3 nitrogen and oxygen atoms in total. The van der Waals surface area contributed by atoms with E-state index in [0.717, 1.165) is 23.6 Å². The molecule has 1 aliphatic rings. The molecule has 1 aromatic carbocycles. The van der Waals surface area contributed by atoms with Crippen LogP contribution in [0.15, 0.2) is 36.5 Å². The van der Waals surface area contributed by atoms with E-state index >= 15 is 0 Å². The van der Waals surface area contributed by atoms with Crippen molar-refractivity contribution < 1.29 is 4.74 Å². The van der Waals surface area contributed by atoms with Gasteiger partial charge in [0.2, 0.25) is 0 Å². The van der Waals surface area contributed by atoms with Crippen LogP contribution in [0, 0.1) is 0 Å². The van der Waals surface area contributed by atoms with Crippen molar-refractivity contribution in [2.24, 2.45) is 5.73 Å². The molecule has 2 N–H and O–H groups in total. The van der Waals surface area contributed by atoms with Gasteiger partial charge in [-0.2, -0.15) is 0 Å². The number of aryl methyl sites for hydroxylation is 2. The number of aromatic nitrogens is 1. The molecule has 104 valence electrons. The highest BCUT2D eigenvalue weighted by molar-refractivity contribution is 5.39. The van der Waals surface area contributed by atoms with Crippen LogP contribution in [0.1, 0.15) is 42.6 Å². The van der Waals surface area contributed by atoms with Gasteiger partial charge >= 0.3 is 0 Å². The number of nitrogens with zero attached hydrogens (tertiary/aromatic N) is 1. The molecule has 0 saturated heterocycles. The first-order chi connectivity index (χ1) is 9.72. The molecule has 0 fully saturated rings. The fourth-order valence-electron chi connectivity index (χ4n) is 2.63. The topological polar surface area (TPSA) is 48.1 Å². The first kappa shape index (κ1) is 13.1. The average molecular weight is 268 g/mol. The van der Waals surface area contributed by atoms with Crippen LogP contribution in [-0.2, 0) is 12.8 Å². The molecule has 0 bridgehead atoms. The molecule has 2 aromatic rings. The standard InChI is InChI=1S/C17H20N2O/c1-12(18)17-9-8-16(11-19-17)20-15-7-6-13-4-2-3-5-14(13)10-15/h6-12H,2-5,18H2,1H3/t12-/m0/s1. The summed E-state index contributed by atoms with van der Waals surface area (Å²) in [5.74, 6) is 1.64. The van der Waals surface area contributed by atoms with Crippen molar-refractivity contribution in [1.82, 2.24) is 4.98 Å². The zero-order valence-corrected chi connectivity index (χ0v) is 11.8. The molecular weight excluding hydrogens is 248 g/mol. The number of nitrogens with two attached hydrogens (primary N) is 1. The van der Waals surface area contributed by atoms with Crippen molar-refractivity contribution in [3.8, 4) is 11.5 Å². The van der Waals surface area contributed by atoms with Gasteiger partial charge in [0.1, 0.15) is 11.5 Å². The van der Waals surface area contributed by atoms with Crippen LogP contribution in [0.3, 0.4) is 0 Å². The van der Waals surface area contributed by atoms with E-state index in [2.05, 4.69) is 17.1 Å². The van der Waals surface area contributed by atoms with Crippen molar-refractivity contribution in [3.05, 3.63) is 53.3 Å². The SMILES string of the molecule is C[C@H](N)c1ccc(Oc2ccc3c(c2)CCCC3)cn1. The number of hydrogen-bond donors (Lipinski definition) is 1. The van der Waals surface area contributed by atoms with Crippen LogP contribution in [0.25, 0.3) is 0 Å². The molecule has 0 aliphatic heterocycles. The van der Waals surface area contributed by atoms with Crippen LogP contribution in [0.5, 0.6) is 11.5 Å². The van der Waals surface area contributed by atoms with Gasteiger partial charge in [0, 0.05) is 6.04 Å². The Hall–Kier alpha value is -1.87. The summed E-state index contributed by atoms with van der Waals surface area (Å²) < 4.78 is 5.88. The molecule has 0 amide bonds. The third kappa shape index (κ3) is 2.83. The van der Waals surface area contributed by atoms with Crippen LogP contribution in [-0.4, -0.2) is 4.98 Å². The highest BCUT2D eigenvalue weighted by atomic mass is 16.5. The zero-order chi connectivity index (χ0) is 13.9. The van der Waals surface area contributed by atoms with Crippen molar-refractivity contribution in [1.29, 1.82) is 0 Å². The van der Waals surface area contributed by atoms with E-state index in [9.17, 15) is 0 Å². The number of fused-ring (bicyclic) bond motifs is 1. The smallest absolute Gasteiger partial charge is 0.145 e. The van der Waals surface area contributed by atoms with Crippen molar-refractivity contribution in [2.45, 2.75) is 38.6 Å². The Bertz CT molecular complexity index is 590. The fraction of sp³-hybridized carbons (Fsp3) is 0.353. The highest BCUT2D eigenvalue weighted by Gasteiger charge is 2.10. The largest absolute Gasteiger partial charge is 0.456 e. The van der Waals surface area contributed by atoms with Crippen molar-refractivity contribution in [3.63, 3.8) is 0 Å². The molecule has 20 heavy (non-hydrogen) atoms. The third-order valence-electron chi connectivity index (χ3n) is 3.78. The minimum atomic E-state index is -0.0483. The van der Waals surface area contributed by atoms with Gasteiger partial charge in [-0.1, -0.05) is 6.07 Å². The Morgan fingerprint density at radius 2 is 1.80 bits per heavy atom. The molecule has 0 saturated carbocycles. The van der Waals surface area contributed by atoms with Crippen molar-refractivity contribution >= 4 is 0 Å². The summed E-state index contributed by atoms with van der Waals surface area (Å²) in [6.45, 7) is 1.92. The zero-order valence-electron chi connectivity index (χ0n) is 11.8. The Balaban J connectivity index is 1.77. The van der Waals surface area contributed by atoms with E-state index in [1.54, 1.807) is 6.20 Å². The van der Waals surface area contributed by atoms with Gasteiger partial charge in [0.15, 0.2) is 0 Å².